The van der Waals surface area contributed by atoms with E-state index < -0.39 is 0 Å². The first-order chi connectivity index (χ1) is 10.3. The molecule has 2 N–H and O–H groups in total. The molecule has 0 spiro atoms. The molecular formula is C18H28N2O. The summed E-state index contributed by atoms with van der Waals surface area (Å²) in [5.41, 5.74) is 1.30. The number of unbranched alkanes of at least 4 members (excludes halogenated alkanes) is 2. The summed E-state index contributed by atoms with van der Waals surface area (Å²) in [4.78, 5) is 12.1. The third-order valence-electron chi connectivity index (χ3n) is 4.24. The van der Waals surface area contributed by atoms with Crippen LogP contribution in [-0.2, 0) is 4.79 Å². The standard InChI is InChI=1S/C18H28N2O/c1-2-3-5-12-16(15-10-6-4-7-11-15)20-17-13-8-9-14-19-18(17)21/h4,6-7,10-11,16-17,20H,2-3,5,8-9,12-14H2,1H3,(H,19,21). The van der Waals surface area contributed by atoms with E-state index in [1.54, 1.807) is 0 Å². The molecule has 3 heteroatoms. The minimum absolute atomic E-state index is 0.0423. The number of carbonyl (C=O) groups excluding carboxylic acids is 1. The van der Waals surface area contributed by atoms with Crippen molar-refractivity contribution in [1.82, 2.24) is 10.6 Å². The van der Waals surface area contributed by atoms with Crippen LogP contribution in [0.25, 0.3) is 0 Å². The monoisotopic (exact) mass is 288 g/mol. The van der Waals surface area contributed by atoms with Crippen LogP contribution >= 0.6 is 0 Å². The van der Waals surface area contributed by atoms with Gasteiger partial charge < -0.3 is 5.32 Å². The maximum Gasteiger partial charge on any atom is 0.237 e. The summed E-state index contributed by atoms with van der Waals surface area (Å²) in [5, 5.41) is 6.63. The molecule has 116 valence electrons. The van der Waals surface area contributed by atoms with Crippen molar-refractivity contribution in [3.63, 3.8) is 0 Å². The van der Waals surface area contributed by atoms with Gasteiger partial charge in [-0.2, -0.15) is 0 Å². The van der Waals surface area contributed by atoms with Crippen molar-refractivity contribution in [2.24, 2.45) is 0 Å². The van der Waals surface area contributed by atoms with Crippen molar-refractivity contribution in [3.8, 4) is 0 Å². The van der Waals surface area contributed by atoms with Crippen LogP contribution in [0.4, 0.5) is 0 Å². The largest absolute Gasteiger partial charge is 0.355 e. The molecule has 0 bridgehead atoms. The first kappa shape index (κ1) is 16.0. The quantitative estimate of drug-likeness (QED) is 0.753. The van der Waals surface area contributed by atoms with Crippen LogP contribution in [-0.4, -0.2) is 18.5 Å². The molecule has 21 heavy (non-hydrogen) atoms. The van der Waals surface area contributed by atoms with E-state index in [2.05, 4.69) is 41.8 Å². The Bertz CT molecular complexity index is 418. The highest BCUT2D eigenvalue weighted by Gasteiger charge is 2.23. The number of nitrogens with one attached hydrogen (secondary N) is 2. The summed E-state index contributed by atoms with van der Waals surface area (Å²) in [6.45, 7) is 3.05. The predicted octanol–water partition coefficient (Wildman–Crippen LogP) is 3.57. The maximum absolute atomic E-state index is 12.1. The van der Waals surface area contributed by atoms with E-state index in [0.29, 0.717) is 0 Å². The molecule has 1 aromatic rings. The van der Waals surface area contributed by atoms with E-state index in [9.17, 15) is 4.79 Å². The second-order valence-corrected chi connectivity index (χ2v) is 5.97. The van der Waals surface area contributed by atoms with Gasteiger partial charge in [-0.3, -0.25) is 10.1 Å². The van der Waals surface area contributed by atoms with E-state index in [4.69, 9.17) is 0 Å². The van der Waals surface area contributed by atoms with E-state index in [1.807, 2.05) is 6.07 Å². The van der Waals surface area contributed by atoms with Crippen LogP contribution < -0.4 is 10.6 Å². The van der Waals surface area contributed by atoms with E-state index >= 15 is 0 Å². The second kappa shape index (κ2) is 8.83. The Morgan fingerprint density at radius 2 is 2.05 bits per heavy atom. The van der Waals surface area contributed by atoms with Crippen LogP contribution in [0.2, 0.25) is 0 Å². The van der Waals surface area contributed by atoms with Crippen LogP contribution in [0.3, 0.4) is 0 Å². The number of rotatable bonds is 7. The minimum Gasteiger partial charge on any atom is -0.355 e. The molecule has 2 rings (SSSR count). The lowest BCUT2D eigenvalue weighted by atomic mass is 9.98. The first-order valence-corrected chi connectivity index (χ1v) is 8.40. The fraction of sp³-hybridized carbons (Fsp3) is 0.611. The van der Waals surface area contributed by atoms with Crippen LogP contribution in [0.5, 0.6) is 0 Å². The highest BCUT2D eigenvalue weighted by molar-refractivity contribution is 5.81. The van der Waals surface area contributed by atoms with Gasteiger partial charge >= 0.3 is 0 Å². The van der Waals surface area contributed by atoms with Crippen LogP contribution in [0.1, 0.15) is 63.5 Å². The molecule has 2 unspecified atom stereocenters. The fourth-order valence-electron chi connectivity index (χ4n) is 2.97. The zero-order valence-electron chi connectivity index (χ0n) is 13.1. The van der Waals surface area contributed by atoms with Gasteiger partial charge in [-0.05, 0) is 31.2 Å². The van der Waals surface area contributed by atoms with Gasteiger partial charge in [0.1, 0.15) is 0 Å². The Hall–Kier alpha value is -1.35. The van der Waals surface area contributed by atoms with E-state index in [-0.39, 0.29) is 18.0 Å². The second-order valence-electron chi connectivity index (χ2n) is 5.97. The number of hydrogen-bond donors (Lipinski definition) is 2. The van der Waals surface area contributed by atoms with Crippen molar-refractivity contribution < 1.29 is 4.79 Å². The van der Waals surface area contributed by atoms with Gasteiger partial charge in [0.2, 0.25) is 5.91 Å². The zero-order chi connectivity index (χ0) is 14.9. The lowest BCUT2D eigenvalue weighted by molar-refractivity contribution is -0.123. The Kier molecular flexibility index (Phi) is 6.74. The molecule has 0 saturated carbocycles. The Morgan fingerprint density at radius 3 is 2.81 bits per heavy atom. The summed E-state index contributed by atoms with van der Waals surface area (Å²) in [6.07, 6.45) is 7.94. The van der Waals surface area contributed by atoms with Crippen molar-refractivity contribution in [3.05, 3.63) is 35.9 Å². The normalized spacial score (nSPS) is 20.6. The molecule has 1 heterocycles. The lowest BCUT2D eigenvalue weighted by Crippen LogP contribution is -2.44. The number of amides is 1. The molecule has 0 aromatic heterocycles. The molecule has 2 atom stereocenters. The van der Waals surface area contributed by atoms with Crippen molar-refractivity contribution in [2.45, 2.75) is 64.0 Å². The van der Waals surface area contributed by atoms with E-state index in [0.717, 1.165) is 32.2 Å². The van der Waals surface area contributed by atoms with Crippen molar-refractivity contribution >= 4 is 5.91 Å². The summed E-state index contributed by atoms with van der Waals surface area (Å²) >= 11 is 0. The molecule has 0 radical (unpaired) electrons. The van der Waals surface area contributed by atoms with Crippen molar-refractivity contribution in [1.29, 1.82) is 0 Å². The Labute approximate surface area is 128 Å². The fourth-order valence-corrected chi connectivity index (χ4v) is 2.97. The van der Waals surface area contributed by atoms with Gasteiger partial charge in [0.25, 0.3) is 0 Å². The van der Waals surface area contributed by atoms with E-state index in [1.165, 1.54) is 24.8 Å². The third-order valence-corrected chi connectivity index (χ3v) is 4.24. The average molecular weight is 288 g/mol. The summed E-state index contributed by atoms with van der Waals surface area (Å²) in [7, 11) is 0. The highest BCUT2D eigenvalue weighted by Crippen LogP contribution is 2.22. The minimum atomic E-state index is -0.0423. The molecule has 3 nitrogen and oxygen atoms in total. The van der Waals surface area contributed by atoms with Gasteiger partial charge in [-0.25, -0.2) is 0 Å². The number of hydrogen-bond acceptors (Lipinski definition) is 2. The maximum atomic E-state index is 12.1. The van der Waals surface area contributed by atoms with Gasteiger partial charge in [0.15, 0.2) is 0 Å². The first-order valence-electron chi connectivity index (χ1n) is 8.40. The Morgan fingerprint density at radius 1 is 1.24 bits per heavy atom. The molecule has 0 aliphatic carbocycles. The topological polar surface area (TPSA) is 41.1 Å². The summed E-state index contributed by atoms with van der Waals surface area (Å²) in [5.74, 6) is 0.170. The molecule has 1 amide bonds. The number of carbonyl (C=O) groups is 1. The molecular weight excluding hydrogens is 260 g/mol. The SMILES string of the molecule is CCCCCC(NC1CCCCNC1=O)c1ccccc1. The van der Waals surface area contributed by atoms with Crippen molar-refractivity contribution in [2.75, 3.05) is 6.54 Å². The highest BCUT2D eigenvalue weighted by atomic mass is 16.2. The average Bonchev–Trinajstić information content (AvgIpc) is 2.72. The number of benzene rings is 1. The third kappa shape index (κ3) is 5.16. The summed E-state index contributed by atoms with van der Waals surface area (Å²) in [6, 6.07) is 10.8. The Balaban J connectivity index is 2.02. The molecule has 1 aliphatic rings. The molecule has 1 saturated heterocycles. The van der Waals surface area contributed by atoms with Gasteiger partial charge in [0.05, 0.1) is 6.04 Å². The van der Waals surface area contributed by atoms with Crippen LogP contribution in [0.15, 0.2) is 30.3 Å². The van der Waals surface area contributed by atoms with Gasteiger partial charge in [-0.15, -0.1) is 0 Å². The lowest BCUT2D eigenvalue weighted by Gasteiger charge is -2.24. The van der Waals surface area contributed by atoms with Crippen LogP contribution in [0, 0.1) is 0 Å². The molecule has 1 fully saturated rings. The smallest absolute Gasteiger partial charge is 0.237 e. The molecule has 1 aliphatic heterocycles. The van der Waals surface area contributed by atoms with Gasteiger partial charge in [-0.1, -0.05) is 56.5 Å². The predicted molar refractivity (Wildman–Crippen MR) is 87.1 cm³/mol. The summed E-state index contributed by atoms with van der Waals surface area (Å²) < 4.78 is 0. The van der Waals surface area contributed by atoms with Gasteiger partial charge in [0, 0.05) is 12.6 Å². The zero-order valence-corrected chi connectivity index (χ0v) is 13.1. The molecule has 1 aromatic carbocycles.